The van der Waals surface area contributed by atoms with Crippen molar-refractivity contribution in [2.24, 2.45) is 0 Å². The molecule has 0 bridgehead atoms. The number of anilines is 2. The van der Waals surface area contributed by atoms with Gasteiger partial charge in [0, 0.05) is 16.8 Å². The molecule has 1 amide bonds. The molecule has 13 heteroatoms. The summed E-state index contributed by atoms with van der Waals surface area (Å²) < 4.78 is 63.3. The van der Waals surface area contributed by atoms with Crippen molar-refractivity contribution in [2.45, 2.75) is 25.7 Å². The van der Waals surface area contributed by atoms with Gasteiger partial charge in [-0.2, -0.15) is 0 Å². The summed E-state index contributed by atoms with van der Waals surface area (Å²) in [6.45, 7) is 6.75. The van der Waals surface area contributed by atoms with Gasteiger partial charge in [-0.15, -0.1) is 5.10 Å². The highest BCUT2D eigenvalue weighted by Crippen LogP contribution is 2.41. The number of hydrogen-bond acceptors (Lipinski definition) is 9. The fourth-order valence-corrected chi connectivity index (χ4v) is 4.65. The summed E-state index contributed by atoms with van der Waals surface area (Å²) in [6, 6.07) is 13.3. The van der Waals surface area contributed by atoms with E-state index in [1.165, 1.54) is 24.3 Å². The van der Waals surface area contributed by atoms with E-state index >= 15 is 0 Å². The minimum absolute atomic E-state index is 0.0998. The van der Waals surface area contributed by atoms with E-state index < -0.39 is 21.7 Å². The number of hydrogen-bond donors (Lipinski definition) is 2. The van der Waals surface area contributed by atoms with Gasteiger partial charge in [0.2, 0.25) is 11.6 Å². The van der Waals surface area contributed by atoms with E-state index in [0.717, 1.165) is 24.3 Å². The van der Waals surface area contributed by atoms with Crippen LogP contribution in [0.15, 0.2) is 70.0 Å². The number of rotatable bonds is 12. The lowest BCUT2D eigenvalue weighted by molar-refractivity contribution is 0.102. The highest BCUT2D eigenvalue weighted by atomic mass is 32.2. The van der Waals surface area contributed by atoms with Crippen molar-refractivity contribution in [2.75, 3.05) is 29.9 Å². The van der Waals surface area contributed by atoms with E-state index in [-0.39, 0.29) is 28.1 Å². The molecule has 0 saturated heterocycles. The standard InChI is InChI=1S/C27H27FN4O7S/c1-4-36-22-15-18(16-23(37-5-2)24(22)38-6-3)26-30-31-27(39-26)29-25(33)17-7-11-20(12-8-17)32-40(34,35)21-13-9-19(28)10-14-21/h7-16,32H,4-6H2,1-3H3,(H,29,31,33). The molecule has 0 saturated carbocycles. The van der Waals surface area contributed by atoms with Gasteiger partial charge < -0.3 is 18.6 Å². The molecule has 0 aliphatic carbocycles. The Morgan fingerprint density at radius 2 is 1.48 bits per heavy atom. The van der Waals surface area contributed by atoms with Gasteiger partial charge in [-0.1, -0.05) is 5.10 Å². The van der Waals surface area contributed by atoms with E-state index in [4.69, 9.17) is 18.6 Å². The zero-order valence-electron chi connectivity index (χ0n) is 21.9. The third-order valence-electron chi connectivity index (χ3n) is 5.32. The van der Waals surface area contributed by atoms with Crippen LogP contribution in [0.4, 0.5) is 16.1 Å². The van der Waals surface area contributed by atoms with Crippen LogP contribution in [0.3, 0.4) is 0 Å². The molecule has 2 N–H and O–H groups in total. The van der Waals surface area contributed by atoms with E-state index in [9.17, 15) is 17.6 Å². The number of aromatic nitrogens is 2. The molecule has 4 rings (SSSR count). The summed E-state index contributed by atoms with van der Waals surface area (Å²) in [4.78, 5) is 12.6. The van der Waals surface area contributed by atoms with Crippen molar-refractivity contribution in [1.29, 1.82) is 0 Å². The number of amides is 1. The number of carbonyl (C=O) groups excluding carboxylic acids is 1. The summed E-state index contributed by atoms with van der Waals surface area (Å²) in [5.41, 5.74) is 0.926. The number of benzene rings is 3. The first kappa shape index (κ1) is 28.4. The molecule has 0 spiro atoms. The summed E-state index contributed by atoms with van der Waals surface area (Å²) in [5, 5.41) is 10.4. The number of ether oxygens (including phenoxy) is 3. The molecule has 1 heterocycles. The van der Waals surface area contributed by atoms with Crippen LogP contribution >= 0.6 is 0 Å². The molecule has 0 unspecified atom stereocenters. The van der Waals surface area contributed by atoms with E-state index in [0.29, 0.717) is 42.6 Å². The van der Waals surface area contributed by atoms with Gasteiger partial charge in [0.05, 0.1) is 24.7 Å². The van der Waals surface area contributed by atoms with Gasteiger partial charge in [0.25, 0.3) is 15.9 Å². The van der Waals surface area contributed by atoms with Crippen molar-refractivity contribution >= 4 is 27.6 Å². The van der Waals surface area contributed by atoms with Gasteiger partial charge >= 0.3 is 6.01 Å². The predicted molar refractivity (Wildman–Crippen MR) is 145 cm³/mol. The molecule has 0 radical (unpaired) electrons. The topological polar surface area (TPSA) is 142 Å². The Bertz CT molecular complexity index is 1550. The molecule has 210 valence electrons. The predicted octanol–water partition coefficient (Wildman–Crippen LogP) is 5.12. The lowest BCUT2D eigenvalue weighted by Gasteiger charge is -2.16. The Balaban J connectivity index is 1.48. The van der Waals surface area contributed by atoms with Crippen LogP contribution in [0.1, 0.15) is 31.1 Å². The number of nitrogens with one attached hydrogen (secondary N) is 2. The molecule has 1 aromatic heterocycles. The number of nitrogens with zero attached hydrogens (tertiary/aromatic N) is 2. The maximum absolute atomic E-state index is 13.1. The number of sulfonamides is 1. The molecule has 4 aromatic rings. The maximum atomic E-state index is 13.1. The van der Waals surface area contributed by atoms with Crippen LogP contribution in [0, 0.1) is 5.82 Å². The molecular weight excluding hydrogens is 543 g/mol. The monoisotopic (exact) mass is 570 g/mol. The van der Waals surface area contributed by atoms with Gasteiger partial charge in [0.1, 0.15) is 5.82 Å². The summed E-state index contributed by atoms with van der Waals surface area (Å²) in [5.74, 6) is 0.373. The van der Waals surface area contributed by atoms with Crippen LogP contribution in [0.5, 0.6) is 17.2 Å². The quantitative estimate of drug-likeness (QED) is 0.237. The largest absolute Gasteiger partial charge is 0.490 e. The number of halogens is 1. The van der Waals surface area contributed by atoms with Crippen molar-refractivity contribution in [3.8, 4) is 28.7 Å². The van der Waals surface area contributed by atoms with E-state index in [2.05, 4.69) is 20.2 Å². The molecule has 11 nitrogen and oxygen atoms in total. The van der Waals surface area contributed by atoms with Crippen LogP contribution in [-0.4, -0.2) is 44.3 Å². The van der Waals surface area contributed by atoms with Crippen molar-refractivity contribution in [3.05, 3.63) is 72.0 Å². The lowest BCUT2D eigenvalue weighted by atomic mass is 10.2. The zero-order valence-corrected chi connectivity index (χ0v) is 22.7. The minimum Gasteiger partial charge on any atom is -0.490 e. The van der Waals surface area contributed by atoms with Crippen LogP contribution in [0.2, 0.25) is 0 Å². The zero-order chi connectivity index (χ0) is 28.7. The average Bonchev–Trinajstić information content (AvgIpc) is 3.39. The third-order valence-corrected chi connectivity index (χ3v) is 6.72. The SMILES string of the molecule is CCOc1cc(-c2nnc(NC(=O)c3ccc(NS(=O)(=O)c4ccc(F)cc4)cc3)o2)cc(OCC)c1OCC. The highest BCUT2D eigenvalue weighted by Gasteiger charge is 2.20. The van der Waals surface area contributed by atoms with Gasteiger partial charge in [0.15, 0.2) is 11.5 Å². The molecule has 3 aromatic carbocycles. The molecule has 0 aliphatic heterocycles. The van der Waals surface area contributed by atoms with Crippen LogP contribution in [0.25, 0.3) is 11.5 Å². The first-order valence-electron chi connectivity index (χ1n) is 12.3. The van der Waals surface area contributed by atoms with Gasteiger partial charge in [-0.25, -0.2) is 12.8 Å². The summed E-state index contributed by atoms with van der Waals surface area (Å²) in [6.07, 6.45) is 0. The fourth-order valence-electron chi connectivity index (χ4n) is 3.59. The second-order valence-corrected chi connectivity index (χ2v) is 9.79. The highest BCUT2D eigenvalue weighted by molar-refractivity contribution is 7.92. The van der Waals surface area contributed by atoms with Gasteiger partial charge in [-0.05, 0) is 81.4 Å². The minimum atomic E-state index is -3.93. The first-order chi connectivity index (χ1) is 19.2. The average molecular weight is 571 g/mol. The third kappa shape index (κ3) is 6.67. The molecule has 0 atom stereocenters. The second kappa shape index (κ2) is 12.5. The Kier molecular flexibility index (Phi) is 8.84. The van der Waals surface area contributed by atoms with E-state index in [1.54, 1.807) is 12.1 Å². The fraction of sp³-hybridized carbons (Fsp3) is 0.222. The van der Waals surface area contributed by atoms with E-state index in [1.807, 2.05) is 20.8 Å². The Morgan fingerprint density at radius 3 is 2.05 bits per heavy atom. The molecule has 40 heavy (non-hydrogen) atoms. The molecule has 0 fully saturated rings. The smallest absolute Gasteiger partial charge is 0.322 e. The first-order valence-corrected chi connectivity index (χ1v) is 13.8. The maximum Gasteiger partial charge on any atom is 0.322 e. The van der Waals surface area contributed by atoms with Crippen molar-refractivity contribution < 1.29 is 36.2 Å². The van der Waals surface area contributed by atoms with Crippen molar-refractivity contribution in [1.82, 2.24) is 10.2 Å². The molecular formula is C27H27FN4O7S. The number of carbonyl (C=O) groups is 1. The van der Waals surface area contributed by atoms with Gasteiger partial charge in [-0.3, -0.25) is 14.8 Å². The normalized spacial score (nSPS) is 11.1. The Morgan fingerprint density at radius 1 is 0.875 bits per heavy atom. The second-order valence-electron chi connectivity index (χ2n) is 8.10. The van der Waals surface area contributed by atoms with Crippen LogP contribution < -0.4 is 24.2 Å². The Labute approximate surface area is 230 Å². The Hall–Kier alpha value is -4.65. The van der Waals surface area contributed by atoms with Crippen molar-refractivity contribution in [3.63, 3.8) is 0 Å². The van der Waals surface area contributed by atoms with Crippen LogP contribution in [-0.2, 0) is 10.0 Å². The summed E-state index contributed by atoms with van der Waals surface area (Å²) >= 11 is 0. The lowest BCUT2D eigenvalue weighted by Crippen LogP contribution is -2.14. The summed E-state index contributed by atoms with van der Waals surface area (Å²) in [7, 11) is -3.93. The molecule has 0 aliphatic rings.